The number of nitrogens with two attached hydrogens (primary N) is 1. The maximum atomic E-state index is 11.2. The summed E-state index contributed by atoms with van der Waals surface area (Å²) in [5.41, 5.74) is 4.83. The van der Waals surface area contributed by atoms with Gasteiger partial charge >= 0.3 is 5.97 Å². The molecule has 0 fully saturated rings. The first-order chi connectivity index (χ1) is 6.16. The number of hydrogen-bond acceptors (Lipinski definition) is 4. The molecule has 0 bridgehead atoms. The number of H-pyrrole nitrogens is 1. The van der Waals surface area contributed by atoms with E-state index in [1.165, 1.54) is 12.3 Å². The molecular weight excluding hydrogens is 172 g/mol. The van der Waals surface area contributed by atoms with E-state index in [0.717, 1.165) is 0 Å². The van der Waals surface area contributed by atoms with Crippen molar-refractivity contribution in [2.75, 3.05) is 12.3 Å². The van der Waals surface area contributed by atoms with Gasteiger partial charge in [-0.1, -0.05) is 0 Å². The minimum Gasteiger partial charge on any atom is -0.462 e. The molecule has 0 saturated heterocycles. The van der Waals surface area contributed by atoms with Crippen LogP contribution in [0.1, 0.15) is 17.3 Å². The zero-order chi connectivity index (χ0) is 9.84. The second-order valence-corrected chi connectivity index (χ2v) is 2.35. The van der Waals surface area contributed by atoms with Gasteiger partial charge in [0.25, 0.3) is 0 Å². The summed E-state index contributed by atoms with van der Waals surface area (Å²) in [6, 6.07) is 1.22. The van der Waals surface area contributed by atoms with Crippen molar-refractivity contribution in [1.82, 2.24) is 4.98 Å². The standard InChI is InChI=1S/C8H10N2O3/c1-2-13-8(12)6-5(11)3-4-10-7(6)9/h3-4H,2H2,1H3,(H3,9,10,11). The van der Waals surface area contributed by atoms with Crippen molar-refractivity contribution in [1.29, 1.82) is 0 Å². The molecule has 0 aliphatic heterocycles. The van der Waals surface area contributed by atoms with Crippen LogP contribution in [0.2, 0.25) is 0 Å². The summed E-state index contributed by atoms with van der Waals surface area (Å²) in [5.74, 6) is -0.659. The van der Waals surface area contributed by atoms with E-state index < -0.39 is 11.4 Å². The Kier molecular flexibility index (Phi) is 2.69. The maximum absolute atomic E-state index is 11.2. The first kappa shape index (κ1) is 9.31. The van der Waals surface area contributed by atoms with Crippen molar-refractivity contribution in [2.45, 2.75) is 6.92 Å². The number of aromatic nitrogens is 1. The Morgan fingerprint density at radius 2 is 2.38 bits per heavy atom. The number of pyridine rings is 1. The van der Waals surface area contributed by atoms with Gasteiger partial charge in [0.15, 0.2) is 5.43 Å². The predicted octanol–water partition coefficient (Wildman–Crippen LogP) is 0.134. The van der Waals surface area contributed by atoms with Crippen LogP contribution in [0.25, 0.3) is 0 Å². The number of nitrogen functional groups attached to an aromatic ring is 1. The van der Waals surface area contributed by atoms with Gasteiger partial charge in [0.2, 0.25) is 0 Å². The molecule has 0 unspecified atom stereocenters. The molecule has 3 N–H and O–H groups in total. The van der Waals surface area contributed by atoms with Crippen LogP contribution < -0.4 is 11.2 Å². The number of carbonyl (C=O) groups is 1. The SMILES string of the molecule is CCOC(=O)c1c(N)[nH]ccc1=O. The molecule has 0 spiro atoms. The number of aromatic amines is 1. The van der Waals surface area contributed by atoms with E-state index in [1.807, 2.05) is 0 Å². The number of hydrogen-bond donors (Lipinski definition) is 2. The van der Waals surface area contributed by atoms with Crippen LogP contribution in [0.3, 0.4) is 0 Å². The lowest BCUT2D eigenvalue weighted by atomic mass is 10.2. The quantitative estimate of drug-likeness (QED) is 0.637. The predicted molar refractivity (Wildman–Crippen MR) is 47.4 cm³/mol. The molecule has 0 aliphatic rings. The smallest absolute Gasteiger partial charge is 0.345 e. The lowest BCUT2D eigenvalue weighted by molar-refractivity contribution is 0.0526. The molecule has 1 heterocycles. The molecule has 0 amide bonds. The molecule has 0 aliphatic carbocycles. The second kappa shape index (κ2) is 3.75. The van der Waals surface area contributed by atoms with Crippen LogP contribution in [-0.4, -0.2) is 17.6 Å². The number of rotatable bonds is 2. The lowest BCUT2D eigenvalue weighted by Crippen LogP contribution is -2.19. The summed E-state index contributed by atoms with van der Waals surface area (Å²) < 4.78 is 4.65. The zero-order valence-corrected chi connectivity index (χ0v) is 7.16. The van der Waals surface area contributed by atoms with Crippen molar-refractivity contribution in [3.05, 3.63) is 28.0 Å². The van der Waals surface area contributed by atoms with Crippen molar-refractivity contribution in [3.8, 4) is 0 Å². The van der Waals surface area contributed by atoms with Crippen molar-refractivity contribution < 1.29 is 9.53 Å². The number of ether oxygens (including phenoxy) is 1. The summed E-state index contributed by atoms with van der Waals surface area (Å²) in [6.45, 7) is 1.87. The molecule has 0 atom stereocenters. The molecule has 1 aromatic heterocycles. The highest BCUT2D eigenvalue weighted by Crippen LogP contribution is 2.02. The summed E-state index contributed by atoms with van der Waals surface area (Å²) in [6.07, 6.45) is 1.38. The van der Waals surface area contributed by atoms with E-state index in [1.54, 1.807) is 6.92 Å². The van der Waals surface area contributed by atoms with Crippen LogP contribution in [-0.2, 0) is 4.74 Å². The highest BCUT2D eigenvalue weighted by atomic mass is 16.5. The molecule has 5 nitrogen and oxygen atoms in total. The summed E-state index contributed by atoms with van der Waals surface area (Å²) in [5, 5.41) is 0. The van der Waals surface area contributed by atoms with Gasteiger partial charge < -0.3 is 15.5 Å². The van der Waals surface area contributed by atoms with E-state index in [9.17, 15) is 9.59 Å². The fourth-order valence-electron chi connectivity index (χ4n) is 0.909. The molecule has 5 heteroatoms. The van der Waals surface area contributed by atoms with E-state index >= 15 is 0 Å². The highest BCUT2D eigenvalue weighted by molar-refractivity contribution is 5.93. The number of esters is 1. The Morgan fingerprint density at radius 3 is 2.92 bits per heavy atom. The first-order valence-corrected chi connectivity index (χ1v) is 3.81. The van der Waals surface area contributed by atoms with Crippen LogP contribution >= 0.6 is 0 Å². The zero-order valence-electron chi connectivity index (χ0n) is 7.16. The highest BCUT2D eigenvalue weighted by Gasteiger charge is 2.14. The Morgan fingerprint density at radius 1 is 1.69 bits per heavy atom. The monoisotopic (exact) mass is 182 g/mol. The second-order valence-electron chi connectivity index (χ2n) is 2.35. The van der Waals surface area contributed by atoms with Crippen LogP contribution in [0.4, 0.5) is 5.82 Å². The third-order valence-electron chi connectivity index (χ3n) is 1.47. The number of anilines is 1. The van der Waals surface area contributed by atoms with Gasteiger partial charge in [-0.15, -0.1) is 0 Å². The maximum Gasteiger partial charge on any atom is 0.345 e. The minimum absolute atomic E-state index is 0.0333. The van der Waals surface area contributed by atoms with Crippen molar-refractivity contribution in [3.63, 3.8) is 0 Å². The largest absolute Gasteiger partial charge is 0.462 e. The molecule has 1 rings (SSSR count). The summed E-state index contributed by atoms with van der Waals surface area (Å²) in [4.78, 5) is 24.9. The Labute approximate surface area is 74.5 Å². The lowest BCUT2D eigenvalue weighted by Gasteiger charge is -2.02. The molecule has 1 aromatic rings. The fourth-order valence-corrected chi connectivity index (χ4v) is 0.909. The van der Waals surface area contributed by atoms with Gasteiger partial charge in [-0.05, 0) is 6.92 Å². The van der Waals surface area contributed by atoms with Gasteiger partial charge in [0.05, 0.1) is 6.61 Å². The average Bonchev–Trinajstić information content (AvgIpc) is 2.04. The van der Waals surface area contributed by atoms with Gasteiger partial charge in [-0.3, -0.25) is 4.79 Å². The van der Waals surface area contributed by atoms with Gasteiger partial charge in [-0.25, -0.2) is 4.79 Å². The molecule has 13 heavy (non-hydrogen) atoms. The third kappa shape index (κ3) is 1.87. The Bertz CT molecular complexity index is 370. The normalized spacial score (nSPS) is 9.62. The van der Waals surface area contributed by atoms with Crippen LogP contribution in [0, 0.1) is 0 Å². The van der Waals surface area contributed by atoms with Gasteiger partial charge in [0.1, 0.15) is 11.4 Å². The van der Waals surface area contributed by atoms with E-state index in [0.29, 0.717) is 0 Å². The Hall–Kier alpha value is -1.78. The molecular formula is C8H10N2O3. The number of carbonyl (C=O) groups excluding carboxylic acids is 1. The Balaban J connectivity index is 3.13. The summed E-state index contributed by atoms with van der Waals surface area (Å²) in [7, 11) is 0. The third-order valence-corrected chi connectivity index (χ3v) is 1.47. The molecule has 70 valence electrons. The van der Waals surface area contributed by atoms with Crippen molar-refractivity contribution in [2.24, 2.45) is 0 Å². The van der Waals surface area contributed by atoms with Crippen molar-refractivity contribution >= 4 is 11.8 Å². The minimum atomic E-state index is -0.693. The average molecular weight is 182 g/mol. The summed E-state index contributed by atoms with van der Waals surface area (Å²) >= 11 is 0. The fraction of sp³-hybridized carbons (Fsp3) is 0.250. The van der Waals surface area contributed by atoms with E-state index in [-0.39, 0.29) is 18.0 Å². The topological polar surface area (TPSA) is 85.2 Å². The first-order valence-electron chi connectivity index (χ1n) is 3.81. The molecule has 0 saturated carbocycles. The van der Waals surface area contributed by atoms with E-state index in [2.05, 4.69) is 9.72 Å². The molecule has 0 aromatic carbocycles. The van der Waals surface area contributed by atoms with Gasteiger partial charge in [-0.2, -0.15) is 0 Å². The number of nitrogens with one attached hydrogen (secondary N) is 1. The van der Waals surface area contributed by atoms with E-state index in [4.69, 9.17) is 5.73 Å². The molecule has 0 radical (unpaired) electrons. The van der Waals surface area contributed by atoms with Crippen LogP contribution in [0.5, 0.6) is 0 Å². The van der Waals surface area contributed by atoms with Gasteiger partial charge in [0, 0.05) is 12.3 Å². The van der Waals surface area contributed by atoms with Crippen LogP contribution in [0.15, 0.2) is 17.1 Å².